The van der Waals surface area contributed by atoms with E-state index in [4.69, 9.17) is 0 Å². The van der Waals surface area contributed by atoms with Gasteiger partial charge in [0.2, 0.25) is 5.91 Å². The van der Waals surface area contributed by atoms with Crippen molar-refractivity contribution in [3.63, 3.8) is 0 Å². The molecule has 1 aliphatic carbocycles. The van der Waals surface area contributed by atoms with Gasteiger partial charge in [-0.25, -0.2) is 0 Å². The zero-order valence-electron chi connectivity index (χ0n) is 14.2. The van der Waals surface area contributed by atoms with Crippen molar-refractivity contribution >= 4 is 5.91 Å². The Morgan fingerprint density at radius 1 is 1.10 bits per heavy atom. The summed E-state index contributed by atoms with van der Waals surface area (Å²) in [5, 5.41) is 3.58. The lowest BCUT2D eigenvalue weighted by Gasteiger charge is -2.37. The van der Waals surface area contributed by atoms with Crippen LogP contribution in [0.15, 0.2) is 0 Å². The van der Waals surface area contributed by atoms with Gasteiger partial charge in [0.1, 0.15) is 0 Å². The molecule has 0 aromatic rings. The number of nitrogens with zero attached hydrogens (tertiary/aromatic N) is 1. The van der Waals surface area contributed by atoms with E-state index in [1.807, 2.05) is 18.7 Å². The molecule has 1 fully saturated rings. The third-order valence-corrected chi connectivity index (χ3v) is 4.84. The summed E-state index contributed by atoms with van der Waals surface area (Å²) in [4.78, 5) is 13.8. The Balaban J connectivity index is 2.20. The van der Waals surface area contributed by atoms with Gasteiger partial charge in [-0.3, -0.25) is 4.79 Å². The average molecular weight is 282 g/mol. The lowest BCUT2D eigenvalue weighted by molar-refractivity contribution is -0.130. The molecule has 3 nitrogen and oxygen atoms in total. The second-order valence-electron chi connectivity index (χ2n) is 7.18. The molecule has 0 bridgehead atoms. The quantitative estimate of drug-likeness (QED) is 0.809. The van der Waals surface area contributed by atoms with E-state index < -0.39 is 0 Å². The molecule has 1 aliphatic rings. The summed E-state index contributed by atoms with van der Waals surface area (Å²) < 4.78 is 0. The lowest BCUT2D eigenvalue weighted by Crippen LogP contribution is -2.39. The number of carbonyl (C=O) groups excluding carboxylic acids is 1. The second-order valence-corrected chi connectivity index (χ2v) is 7.18. The number of amides is 1. The summed E-state index contributed by atoms with van der Waals surface area (Å²) in [7, 11) is 0. The van der Waals surface area contributed by atoms with Crippen molar-refractivity contribution in [1.29, 1.82) is 0 Å². The Morgan fingerprint density at radius 3 is 2.10 bits per heavy atom. The van der Waals surface area contributed by atoms with Gasteiger partial charge in [0.05, 0.1) is 0 Å². The topological polar surface area (TPSA) is 32.3 Å². The maximum absolute atomic E-state index is 11.9. The van der Waals surface area contributed by atoms with Crippen LogP contribution in [0.5, 0.6) is 0 Å². The molecule has 0 radical (unpaired) electrons. The van der Waals surface area contributed by atoms with E-state index in [2.05, 4.69) is 26.1 Å². The molecule has 0 aromatic heterocycles. The molecule has 1 amide bonds. The Kier molecular flexibility index (Phi) is 7.01. The van der Waals surface area contributed by atoms with Crippen molar-refractivity contribution in [2.45, 2.75) is 72.8 Å². The van der Waals surface area contributed by atoms with Crippen LogP contribution in [0.2, 0.25) is 0 Å². The maximum atomic E-state index is 11.9. The fourth-order valence-electron chi connectivity index (χ4n) is 3.28. The van der Waals surface area contributed by atoms with Gasteiger partial charge in [0.15, 0.2) is 0 Å². The molecule has 1 rings (SSSR count). The van der Waals surface area contributed by atoms with Crippen LogP contribution in [0.1, 0.15) is 66.7 Å². The summed E-state index contributed by atoms with van der Waals surface area (Å²) in [6, 6.07) is 0.623. The average Bonchev–Trinajstić information content (AvgIpc) is 2.39. The molecule has 0 atom stereocenters. The molecule has 0 aromatic carbocycles. The summed E-state index contributed by atoms with van der Waals surface area (Å²) in [6.07, 6.45) is 5.82. The van der Waals surface area contributed by atoms with Gasteiger partial charge < -0.3 is 10.2 Å². The van der Waals surface area contributed by atoms with Crippen LogP contribution in [-0.4, -0.2) is 36.5 Å². The van der Waals surface area contributed by atoms with Crippen LogP contribution < -0.4 is 5.32 Å². The first-order valence-electron chi connectivity index (χ1n) is 8.39. The Labute approximate surface area is 125 Å². The number of hydrogen-bond donors (Lipinski definition) is 1. The van der Waals surface area contributed by atoms with Crippen molar-refractivity contribution in [1.82, 2.24) is 10.2 Å². The molecular weight excluding hydrogens is 248 g/mol. The predicted molar refractivity (Wildman–Crippen MR) is 85.7 cm³/mol. The fraction of sp³-hybridized carbons (Fsp3) is 0.941. The third kappa shape index (κ3) is 5.43. The Hall–Kier alpha value is -0.570. The maximum Gasteiger partial charge on any atom is 0.223 e. The van der Waals surface area contributed by atoms with Gasteiger partial charge >= 0.3 is 0 Å². The van der Waals surface area contributed by atoms with Gasteiger partial charge in [-0.2, -0.15) is 0 Å². The summed E-state index contributed by atoms with van der Waals surface area (Å²) in [6.45, 7) is 13.6. The van der Waals surface area contributed by atoms with Crippen LogP contribution in [0.4, 0.5) is 0 Å². The normalized spacial score (nSPS) is 23.6. The number of nitrogens with one attached hydrogen (secondary N) is 1. The predicted octanol–water partition coefficient (Wildman–Crippen LogP) is 3.44. The smallest absolute Gasteiger partial charge is 0.223 e. The highest BCUT2D eigenvalue weighted by Gasteiger charge is 2.29. The molecular formula is C17H34N2O. The highest BCUT2D eigenvalue weighted by atomic mass is 16.2. The molecule has 3 heteroatoms. The van der Waals surface area contributed by atoms with E-state index in [0.717, 1.165) is 25.6 Å². The van der Waals surface area contributed by atoms with Crippen molar-refractivity contribution in [3.05, 3.63) is 0 Å². The lowest BCUT2D eigenvalue weighted by atomic mass is 9.71. The zero-order chi connectivity index (χ0) is 15.2. The molecule has 118 valence electrons. The minimum Gasteiger partial charge on any atom is -0.343 e. The van der Waals surface area contributed by atoms with Crippen LogP contribution in [0, 0.1) is 11.3 Å². The van der Waals surface area contributed by atoms with Crippen molar-refractivity contribution < 1.29 is 4.79 Å². The summed E-state index contributed by atoms with van der Waals surface area (Å²) in [5.41, 5.74) is 0.448. The van der Waals surface area contributed by atoms with Crippen LogP contribution in [-0.2, 0) is 4.79 Å². The van der Waals surface area contributed by atoms with Gasteiger partial charge in [-0.15, -0.1) is 0 Å². The van der Waals surface area contributed by atoms with Crippen LogP contribution >= 0.6 is 0 Å². The van der Waals surface area contributed by atoms with E-state index in [0.29, 0.717) is 17.9 Å². The first kappa shape index (κ1) is 17.5. The van der Waals surface area contributed by atoms with E-state index in [9.17, 15) is 4.79 Å². The first-order chi connectivity index (χ1) is 9.38. The monoisotopic (exact) mass is 282 g/mol. The van der Waals surface area contributed by atoms with Gasteiger partial charge in [0, 0.05) is 32.1 Å². The fourth-order valence-corrected chi connectivity index (χ4v) is 3.28. The van der Waals surface area contributed by atoms with Crippen molar-refractivity contribution in [3.8, 4) is 0 Å². The van der Waals surface area contributed by atoms with Gasteiger partial charge in [0.25, 0.3) is 0 Å². The van der Waals surface area contributed by atoms with Crippen molar-refractivity contribution in [2.24, 2.45) is 11.3 Å². The van der Waals surface area contributed by atoms with E-state index in [-0.39, 0.29) is 5.91 Å². The molecule has 0 unspecified atom stereocenters. The minimum absolute atomic E-state index is 0.283. The van der Waals surface area contributed by atoms with Crippen molar-refractivity contribution in [2.75, 3.05) is 19.6 Å². The standard InChI is InChI=1S/C17H34N2O/c1-6-19(7-2)16(20)12-13-18-15-10-8-14(9-11-15)17(3,4)5/h14-15,18H,6-13H2,1-5H3. The molecule has 0 saturated heterocycles. The van der Waals surface area contributed by atoms with Crippen LogP contribution in [0.3, 0.4) is 0 Å². The largest absolute Gasteiger partial charge is 0.343 e. The number of hydrogen-bond acceptors (Lipinski definition) is 2. The molecule has 1 N–H and O–H groups in total. The molecule has 20 heavy (non-hydrogen) atoms. The van der Waals surface area contributed by atoms with Crippen LogP contribution in [0.25, 0.3) is 0 Å². The van der Waals surface area contributed by atoms with E-state index in [1.165, 1.54) is 25.7 Å². The highest BCUT2D eigenvalue weighted by Crippen LogP contribution is 2.37. The SMILES string of the molecule is CCN(CC)C(=O)CCNC1CCC(C(C)(C)C)CC1. The van der Waals surface area contributed by atoms with Gasteiger partial charge in [-0.1, -0.05) is 20.8 Å². The van der Waals surface area contributed by atoms with Gasteiger partial charge in [-0.05, 0) is 50.9 Å². The zero-order valence-corrected chi connectivity index (χ0v) is 14.2. The number of carbonyl (C=O) groups is 1. The summed E-state index contributed by atoms with van der Waals surface area (Å²) >= 11 is 0. The first-order valence-corrected chi connectivity index (χ1v) is 8.39. The highest BCUT2D eigenvalue weighted by molar-refractivity contribution is 5.76. The van der Waals surface area contributed by atoms with E-state index in [1.54, 1.807) is 0 Å². The minimum atomic E-state index is 0.283. The number of rotatable bonds is 6. The Morgan fingerprint density at radius 2 is 1.65 bits per heavy atom. The second kappa shape index (κ2) is 8.02. The molecule has 0 heterocycles. The van der Waals surface area contributed by atoms with E-state index >= 15 is 0 Å². The Bertz CT molecular complexity index is 284. The molecule has 0 spiro atoms. The third-order valence-electron chi connectivity index (χ3n) is 4.84. The molecule has 0 aliphatic heterocycles. The molecule has 1 saturated carbocycles. The summed E-state index contributed by atoms with van der Waals surface area (Å²) in [5.74, 6) is 1.14.